The maximum absolute atomic E-state index is 15.6. The molecule has 4 heterocycles. The Labute approximate surface area is 265 Å². The number of pyridine rings is 1. The van der Waals surface area contributed by atoms with E-state index in [2.05, 4.69) is 58.5 Å². The molecule has 2 aliphatic rings. The van der Waals surface area contributed by atoms with Gasteiger partial charge >= 0.3 is 0 Å². The Morgan fingerprint density at radius 1 is 0.911 bits per heavy atom. The second-order valence-corrected chi connectivity index (χ2v) is 25.0. The van der Waals surface area contributed by atoms with Crippen LogP contribution in [0.3, 0.4) is 0 Å². The van der Waals surface area contributed by atoms with Gasteiger partial charge in [0.1, 0.15) is 42.0 Å². The molecule has 4 atom stereocenters. The molecule has 1 aromatic carbocycles. The Balaban J connectivity index is 1.44. The average molecular weight is 667 g/mol. The van der Waals surface area contributed by atoms with Crippen LogP contribution in [0.5, 0.6) is 11.6 Å². The molecule has 2 fully saturated rings. The summed E-state index contributed by atoms with van der Waals surface area (Å²) < 4.78 is 83.5. The van der Waals surface area contributed by atoms with Crippen molar-refractivity contribution in [2.45, 2.75) is 95.7 Å². The first-order valence-electron chi connectivity index (χ1n) is 15.4. The van der Waals surface area contributed by atoms with Crippen LogP contribution in [0, 0.1) is 17.5 Å². The van der Waals surface area contributed by atoms with Gasteiger partial charge in [-0.3, -0.25) is 4.57 Å². The van der Waals surface area contributed by atoms with Crippen molar-refractivity contribution in [3.05, 3.63) is 41.7 Å². The van der Waals surface area contributed by atoms with E-state index in [4.69, 9.17) is 28.1 Å². The van der Waals surface area contributed by atoms with Crippen molar-refractivity contribution in [3.63, 3.8) is 0 Å². The van der Waals surface area contributed by atoms with E-state index < -0.39 is 51.2 Å². The molecule has 248 valence electrons. The molecule has 2 aromatic heterocycles. The summed E-state index contributed by atoms with van der Waals surface area (Å²) in [5.41, 5.74) is -0.351. The molecule has 8 nitrogen and oxygen atoms in total. The number of nitrogens with zero attached hydrogens (tertiary/aromatic N) is 2. The van der Waals surface area contributed by atoms with Gasteiger partial charge in [0.2, 0.25) is 0 Å². The van der Waals surface area contributed by atoms with E-state index in [0.717, 1.165) is 18.2 Å². The second kappa shape index (κ2) is 12.6. The van der Waals surface area contributed by atoms with Gasteiger partial charge in [-0.1, -0.05) is 40.4 Å². The molecule has 5 rings (SSSR count). The van der Waals surface area contributed by atoms with Crippen LogP contribution in [0.2, 0.25) is 43.8 Å². The molecule has 0 N–H and O–H groups in total. The zero-order valence-electron chi connectivity index (χ0n) is 27.6. The summed E-state index contributed by atoms with van der Waals surface area (Å²) in [6, 6.07) is 5.77. The molecular formula is C32H45F3N2O6Si2. The highest BCUT2D eigenvalue weighted by atomic mass is 28.4. The largest absolute Gasteiger partial charge is 0.497 e. The molecule has 13 heteroatoms. The maximum atomic E-state index is 15.6. The van der Waals surface area contributed by atoms with E-state index in [-0.39, 0.29) is 42.4 Å². The number of methoxy groups -OCH3 is 1. The highest BCUT2D eigenvalue weighted by molar-refractivity contribution is 6.76. The lowest BCUT2D eigenvalue weighted by Crippen LogP contribution is -2.47. The minimum atomic E-state index is -2.06. The van der Waals surface area contributed by atoms with Crippen LogP contribution in [0.25, 0.3) is 22.3 Å². The third-order valence-electron chi connectivity index (χ3n) is 8.99. The van der Waals surface area contributed by atoms with Gasteiger partial charge in [-0.25, -0.2) is 18.2 Å². The second-order valence-electron chi connectivity index (χ2n) is 14.6. The minimum Gasteiger partial charge on any atom is -0.497 e. The SMILES string of the molecule is COc1cc(F)c(-c2nc3cc(O[C@@H]4CO[C@@H]5C(O[Si](C)(C)C(C)(C)C)CO[C@@H]54)n(COCC[Si](C)(C)C)c3cc2F)c(F)c1. The molecule has 45 heavy (non-hydrogen) atoms. The number of ether oxygens (including phenoxy) is 5. The third kappa shape index (κ3) is 7.13. The molecule has 0 bridgehead atoms. The van der Waals surface area contributed by atoms with Crippen LogP contribution < -0.4 is 9.47 Å². The van der Waals surface area contributed by atoms with E-state index in [9.17, 15) is 8.78 Å². The lowest BCUT2D eigenvalue weighted by molar-refractivity contribution is 0.00859. The van der Waals surface area contributed by atoms with Crippen LogP contribution in [0.1, 0.15) is 20.8 Å². The summed E-state index contributed by atoms with van der Waals surface area (Å²) in [5, 5.41) is 0.0365. The third-order valence-corrected chi connectivity index (χ3v) is 15.2. The van der Waals surface area contributed by atoms with Crippen molar-refractivity contribution < 1.29 is 41.3 Å². The predicted octanol–water partition coefficient (Wildman–Crippen LogP) is 7.38. The minimum absolute atomic E-state index is 0.0179. The van der Waals surface area contributed by atoms with Gasteiger partial charge in [0.05, 0.1) is 43.0 Å². The normalized spacial score (nSPS) is 22.3. The van der Waals surface area contributed by atoms with E-state index in [1.54, 1.807) is 10.6 Å². The molecule has 0 amide bonds. The van der Waals surface area contributed by atoms with Gasteiger partial charge in [0.15, 0.2) is 26.1 Å². The fraction of sp³-hybridized carbons (Fsp3) is 0.594. The van der Waals surface area contributed by atoms with E-state index in [1.807, 2.05) is 0 Å². The van der Waals surface area contributed by atoms with Gasteiger partial charge in [-0.05, 0) is 24.2 Å². The predicted molar refractivity (Wildman–Crippen MR) is 172 cm³/mol. The Bertz CT molecular complexity index is 1510. The zero-order valence-corrected chi connectivity index (χ0v) is 29.6. The number of hydrogen-bond acceptors (Lipinski definition) is 7. The number of halogens is 3. The lowest BCUT2D eigenvalue weighted by Gasteiger charge is -2.39. The molecule has 0 radical (unpaired) electrons. The standard InChI is InChI=1S/C32H45F3N2O6Si2/c1-32(2,3)45(8,9)43-26-17-41-30-25(16-40-31(26)30)42-27-15-23-24(37(27)18-39-10-11-44(5,6)7)14-22(35)29(36-23)28-20(33)12-19(38-4)13-21(28)34/h12-15,25-26,30-31H,10-11,16-18H2,1-9H3/t25-,26?,30-,31-/m1/s1. The molecule has 2 aliphatic heterocycles. The van der Waals surface area contributed by atoms with Crippen LogP contribution in [0.4, 0.5) is 13.2 Å². The monoisotopic (exact) mass is 666 g/mol. The summed E-state index contributed by atoms with van der Waals surface area (Å²) in [7, 11) is -2.13. The number of aromatic nitrogens is 2. The Morgan fingerprint density at radius 3 is 2.13 bits per heavy atom. The number of benzene rings is 1. The van der Waals surface area contributed by atoms with E-state index in [1.165, 1.54) is 13.2 Å². The van der Waals surface area contributed by atoms with Crippen molar-refractivity contribution in [3.8, 4) is 22.9 Å². The van der Waals surface area contributed by atoms with Crippen LogP contribution in [0.15, 0.2) is 24.3 Å². The topological polar surface area (TPSA) is 73.2 Å². The first-order valence-corrected chi connectivity index (χ1v) is 22.0. The lowest BCUT2D eigenvalue weighted by atomic mass is 10.1. The van der Waals surface area contributed by atoms with Gasteiger partial charge in [0.25, 0.3) is 0 Å². The van der Waals surface area contributed by atoms with Crippen molar-refractivity contribution in [1.82, 2.24) is 9.55 Å². The van der Waals surface area contributed by atoms with Crippen LogP contribution >= 0.6 is 0 Å². The molecule has 0 saturated carbocycles. The maximum Gasteiger partial charge on any atom is 0.198 e. The first kappa shape index (κ1) is 33.9. The Morgan fingerprint density at radius 2 is 1.53 bits per heavy atom. The van der Waals surface area contributed by atoms with Gasteiger partial charge in [-0.2, -0.15) is 0 Å². The molecule has 3 aromatic rings. The molecule has 2 saturated heterocycles. The van der Waals surface area contributed by atoms with Crippen molar-refractivity contribution >= 4 is 27.4 Å². The summed E-state index contributed by atoms with van der Waals surface area (Å²) in [4.78, 5) is 4.36. The number of hydrogen-bond donors (Lipinski definition) is 0. The Hall–Kier alpha value is -2.43. The van der Waals surface area contributed by atoms with Crippen molar-refractivity contribution in [2.75, 3.05) is 26.9 Å². The van der Waals surface area contributed by atoms with E-state index >= 15 is 4.39 Å². The number of rotatable bonds is 11. The molecule has 1 unspecified atom stereocenters. The van der Waals surface area contributed by atoms with Crippen molar-refractivity contribution in [2.24, 2.45) is 0 Å². The summed E-state index contributed by atoms with van der Waals surface area (Å²) in [6.45, 7) is 19.0. The number of fused-ring (bicyclic) bond motifs is 2. The summed E-state index contributed by atoms with van der Waals surface area (Å²) in [5.74, 6) is -2.50. The van der Waals surface area contributed by atoms with Gasteiger partial charge in [-0.15, -0.1) is 0 Å². The Kier molecular flexibility index (Phi) is 9.53. The van der Waals surface area contributed by atoms with Crippen molar-refractivity contribution in [1.29, 1.82) is 0 Å². The van der Waals surface area contributed by atoms with E-state index in [0.29, 0.717) is 30.1 Å². The molecule has 0 aliphatic carbocycles. The summed E-state index contributed by atoms with van der Waals surface area (Å²) >= 11 is 0. The highest BCUT2D eigenvalue weighted by Gasteiger charge is 2.52. The molecular weight excluding hydrogens is 622 g/mol. The first-order chi connectivity index (χ1) is 21.0. The quantitative estimate of drug-likeness (QED) is 0.156. The fourth-order valence-electron chi connectivity index (χ4n) is 5.31. The average Bonchev–Trinajstić information content (AvgIpc) is 3.60. The van der Waals surface area contributed by atoms with Crippen LogP contribution in [-0.4, -0.2) is 77.3 Å². The van der Waals surface area contributed by atoms with Gasteiger partial charge in [0, 0.05) is 38.9 Å². The zero-order chi connectivity index (χ0) is 32.9. The van der Waals surface area contributed by atoms with Crippen LogP contribution in [-0.2, 0) is 25.4 Å². The summed E-state index contributed by atoms with van der Waals surface area (Å²) in [6.07, 6.45) is -1.30. The fourth-order valence-corrected chi connectivity index (χ4v) is 7.37. The highest BCUT2D eigenvalue weighted by Crippen LogP contribution is 2.41. The smallest absolute Gasteiger partial charge is 0.198 e. The van der Waals surface area contributed by atoms with Gasteiger partial charge < -0.3 is 28.1 Å². The molecule has 0 spiro atoms.